The van der Waals surface area contributed by atoms with Gasteiger partial charge in [0.05, 0.1) is 18.4 Å². The molecular weight excluding hydrogens is 206 g/mol. The number of benzene rings is 1. The summed E-state index contributed by atoms with van der Waals surface area (Å²) in [4.78, 5) is 23.1. The van der Waals surface area contributed by atoms with E-state index in [2.05, 4.69) is 5.32 Å². The molecule has 3 rings (SSSR count). The standard InChI is InChI=1S/C12H11NO3/c1-16-8-4-2-7(3-5-8)12-6-9(12)10(14)13-11(12)15/h2-5,9H,6H2,1H3,(H,13,14,15)/t9-,12-/m1/s1. The molecule has 1 aliphatic heterocycles. The Hall–Kier alpha value is -1.84. The number of hydrogen-bond donors (Lipinski definition) is 1. The Morgan fingerprint density at radius 1 is 1.31 bits per heavy atom. The van der Waals surface area contributed by atoms with Crippen molar-refractivity contribution >= 4 is 11.8 Å². The molecule has 1 saturated heterocycles. The topological polar surface area (TPSA) is 55.4 Å². The van der Waals surface area contributed by atoms with Crippen molar-refractivity contribution in [1.82, 2.24) is 5.32 Å². The van der Waals surface area contributed by atoms with Crippen LogP contribution in [0.3, 0.4) is 0 Å². The van der Waals surface area contributed by atoms with E-state index in [1.165, 1.54) is 0 Å². The number of carbonyl (C=O) groups is 2. The molecule has 0 aromatic heterocycles. The second-order valence-corrected chi connectivity index (χ2v) is 4.27. The third-order valence-corrected chi connectivity index (χ3v) is 3.52. The largest absolute Gasteiger partial charge is 0.497 e. The molecule has 0 spiro atoms. The molecule has 4 nitrogen and oxygen atoms in total. The highest BCUT2D eigenvalue weighted by molar-refractivity contribution is 6.15. The predicted octanol–water partition coefficient (Wildman–Crippen LogP) is 0.609. The Bertz CT molecular complexity index is 480. The maximum atomic E-state index is 11.7. The van der Waals surface area contributed by atoms with Crippen molar-refractivity contribution in [2.45, 2.75) is 11.8 Å². The van der Waals surface area contributed by atoms with Crippen molar-refractivity contribution in [1.29, 1.82) is 0 Å². The SMILES string of the molecule is COc1ccc([C@]23C[C@@H]2C(=O)NC3=O)cc1. The first-order valence-electron chi connectivity index (χ1n) is 5.18. The van der Waals surface area contributed by atoms with Crippen LogP contribution in [0, 0.1) is 5.92 Å². The lowest BCUT2D eigenvalue weighted by molar-refractivity contribution is -0.127. The Morgan fingerprint density at radius 2 is 2.00 bits per heavy atom. The first kappa shape index (κ1) is 9.39. The third-order valence-electron chi connectivity index (χ3n) is 3.52. The van der Waals surface area contributed by atoms with Crippen molar-refractivity contribution in [3.05, 3.63) is 29.8 Å². The second-order valence-electron chi connectivity index (χ2n) is 4.27. The van der Waals surface area contributed by atoms with Crippen molar-refractivity contribution in [2.75, 3.05) is 7.11 Å². The molecule has 0 radical (unpaired) electrons. The van der Waals surface area contributed by atoms with E-state index in [4.69, 9.17) is 4.74 Å². The number of methoxy groups -OCH3 is 1. The molecule has 1 N–H and O–H groups in total. The van der Waals surface area contributed by atoms with Gasteiger partial charge in [0.2, 0.25) is 11.8 Å². The minimum Gasteiger partial charge on any atom is -0.497 e. The van der Waals surface area contributed by atoms with Gasteiger partial charge in [0, 0.05) is 0 Å². The molecule has 2 aliphatic rings. The highest BCUT2D eigenvalue weighted by Crippen LogP contribution is 2.57. The number of amides is 2. The van der Waals surface area contributed by atoms with Crippen LogP contribution >= 0.6 is 0 Å². The molecule has 82 valence electrons. The number of ether oxygens (including phenoxy) is 1. The number of imide groups is 1. The summed E-state index contributed by atoms with van der Waals surface area (Å²) >= 11 is 0. The van der Waals surface area contributed by atoms with Crippen LogP contribution in [0.1, 0.15) is 12.0 Å². The van der Waals surface area contributed by atoms with Gasteiger partial charge in [-0.1, -0.05) is 12.1 Å². The first-order valence-corrected chi connectivity index (χ1v) is 5.18. The van der Waals surface area contributed by atoms with E-state index in [0.29, 0.717) is 6.42 Å². The van der Waals surface area contributed by atoms with Crippen LogP contribution in [0.25, 0.3) is 0 Å². The summed E-state index contributed by atoms with van der Waals surface area (Å²) < 4.78 is 5.06. The van der Waals surface area contributed by atoms with E-state index in [0.717, 1.165) is 11.3 Å². The lowest BCUT2D eigenvalue weighted by Crippen LogP contribution is -2.30. The van der Waals surface area contributed by atoms with E-state index in [-0.39, 0.29) is 17.7 Å². The van der Waals surface area contributed by atoms with Gasteiger partial charge in [0.1, 0.15) is 5.75 Å². The fourth-order valence-corrected chi connectivity index (χ4v) is 2.48. The summed E-state index contributed by atoms with van der Waals surface area (Å²) in [5, 5.41) is 2.38. The Labute approximate surface area is 92.6 Å². The van der Waals surface area contributed by atoms with Gasteiger partial charge in [-0.05, 0) is 24.1 Å². The average Bonchev–Trinajstić information content (AvgIpc) is 3.00. The normalized spacial score (nSPS) is 30.9. The third kappa shape index (κ3) is 0.988. The molecule has 1 saturated carbocycles. The van der Waals surface area contributed by atoms with Crippen LogP contribution in [-0.4, -0.2) is 18.9 Å². The molecule has 0 bridgehead atoms. The molecule has 4 heteroatoms. The van der Waals surface area contributed by atoms with E-state index in [9.17, 15) is 9.59 Å². The van der Waals surface area contributed by atoms with Crippen molar-refractivity contribution in [3.63, 3.8) is 0 Å². The maximum Gasteiger partial charge on any atom is 0.238 e. The zero-order chi connectivity index (χ0) is 11.3. The molecular formula is C12H11NO3. The predicted molar refractivity (Wildman–Crippen MR) is 55.9 cm³/mol. The van der Waals surface area contributed by atoms with Gasteiger partial charge in [-0.15, -0.1) is 0 Å². The van der Waals surface area contributed by atoms with Gasteiger partial charge in [0.25, 0.3) is 0 Å². The first-order chi connectivity index (χ1) is 7.68. The lowest BCUT2D eigenvalue weighted by atomic mass is 9.94. The van der Waals surface area contributed by atoms with Gasteiger partial charge in [-0.25, -0.2) is 0 Å². The van der Waals surface area contributed by atoms with Crippen molar-refractivity contribution < 1.29 is 14.3 Å². The van der Waals surface area contributed by atoms with Gasteiger partial charge < -0.3 is 4.74 Å². The van der Waals surface area contributed by atoms with Crippen molar-refractivity contribution in [3.8, 4) is 5.75 Å². The summed E-state index contributed by atoms with van der Waals surface area (Å²) in [6.07, 6.45) is 0.643. The molecule has 2 fully saturated rings. The van der Waals surface area contributed by atoms with Crippen LogP contribution in [0.2, 0.25) is 0 Å². The molecule has 2 amide bonds. The van der Waals surface area contributed by atoms with Gasteiger partial charge in [-0.3, -0.25) is 14.9 Å². The van der Waals surface area contributed by atoms with E-state index >= 15 is 0 Å². The quantitative estimate of drug-likeness (QED) is 0.738. The van der Waals surface area contributed by atoms with Gasteiger partial charge in [0.15, 0.2) is 0 Å². The highest BCUT2D eigenvalue weighted by atomic mass is 16.5. The fraction of sp³-hybridized carbons (Fsp3) is 0.333. The smallest absolute Gasteiger partial charge is 0.238 e. The number of carbonyl (C=O) groups excluding carboxylic acids is 2. The van der Waals surface area contributed by atoms with Crippen molar-refractivity contribution in [2.24, 2.45) is 5.92 Å². The van der Waals surface area contributed by atoms with Crippen LogP contribution in [0.4, 0.5) is 0 Å². The summed E-state index contributed by atoms with van der Waals surface area (Å²) in [5.41, 5.74) is 0.324. The molecule has 1 heterocycles. The fourth-order valence-electron chi connectivity index (χ4n) is 2.48. The molecule has 0 unspecified atom stereocenters. The monoisotopic (exact) mass is 217 g/mol. The molecule has 1 aliphatic carbocycles. The Morgan fingerprint density at radius 3 is 2.44 bits per heavy atom. The summed E-state index contributed by atoms with van der Waals surface area (Å²) in [6, 6.07) is 7.35. The number of piperidine rings is 1. The van der Waals surface area contributed by atoms with Gasteiger partial charge in [-0.2, -0.15) is 0 Å². The molecule has 16 heavy (non-hydrogen) atoms. The second kappa shape index (κ2) is 2.84. The molecule has 1 aromatic rings. The summed E-state index contributed by atoms with van der Waals surface area (Å²) in [7, 11) is 1.60. The van der Waals surface area contributed by atoms with Crippen LogP contribution in [0.15, 0.2) is 24.3 Å². The number of rotatable bonds is 2. The summed E-state index contributed by atoms with van der Waals surface area (Å²) in [5.74, 6) is 0.295. The minimum atomic E-state index is -0.580. The zero-order valence-electron chi connectivity index (χ0n) is 8.82. The Balaban J connectivity index is 1.99. The highest BCUT2D eigenvalue weighted by Gasteiger charge is 2.69. The number of hydrogen-bond acceptors (Lipinski definition) is 3. The lowest BCUT2D eigenvalue weighted by Gasteiger charge is -2.10. The number of nitrogens with one attached hydrogen (secondary N) is 1. The van der Waals surface area contributed by atoms with Crippen LogP contribution < -0.4 is 10.1 Å². The molecule has 2 atom stereocenters. The maximum absolute atomic E-state index is 11.7. The zero-order valence-corrected chi connectivity index (χ0v) is 8.82. The summed E-state index contributed by atoms with van der Waals surface area (Å²) in [6.45, 7) is 0. The molecule has 1 aromatic carbocycles. The number of fused-ring (bicyclic) bond motifs is 1. The average molecular weight is 217 g/mol. The minimum absolute atomic E-state index is 0.138. The van der Waals surface area contributed by atoms with Crippen LogP contribution in [0.5, 0.6) is 5.75 Å². The van der Waals surface area contributed by atoms with Crippen LogP contribution in [-0.2, 0) is 15.0 Å². The Kier molecular flexibility index (Phi) is 1.67. The van der Waals surface area contributed by atoms with E-state index in [1.54, 1.807) is 7.11 Å². The van der Waals surface area contributed by atoms with E-state index < -0.39 is 5.41 Å². The van der Waals surface area contributed by atoms with E-state index in [1.807, 2.05) is 24.3 Å². The van der Waals surface area contributed by atoms with Gasteiger partial charge >= 0.3 is 0 Å².